The van der Waals surface area contributed by atoms with Crippen LogP contribution < -0.4 is 0 Å². The molecule has 3 unspecified atom stereocenters. The first kappa shape index (κ1) is 21.5. The Morgan fingerprint density at radius 2 is 1.94 bits per heavy atom. The van der Waals surface area contributed by atoms with Crippen molar-refractivity contribution in [3.63, 3.8) is 0 Å². The van der Waals surface area contributed by atoms with Gasteiger partial charge in [-0.2, -0.15) is 28.2 Å². The van der Waals surface area contributed by atoms with Gasteiger partial charge < -0.3 is 4.90 Å². The smallest absolute Gasteiger partial charge is 0.332 e. The van der Waals surface area contributed by atoms with E-state index in [0.29, 0.717) is 29.9 Å². The molecule has 3 atom stereocenters. The minimum absolute atomic E-state index is 0.00366. The number of benzene rings is 1. The van der Waals surface area contributed by atoms with E-state index in [0.717, 1.165) is 18.4 Å². The van der Waals surface area contributed by atoms with E-state index in [-0.39, 0.29) is 36.0 Å². The molecule has 0 spiro atoms. The van der Waals surface area contributed by atoms with Crippen molar-refractivity contribution < 1.29 is 22.4 Å². The first-order valence-corrected chi connectivity index (χ1v) is 10.7. The molecule has 2 bridgehead atoms. The predicted molar refractivity (Wildman–Crippen MR) is 110 cm³/mol. The van der Waals surface area contributed by atoms with Crippen molar-refractivity contribution >= 4 is 5.91 Å². The molecule has 1 aromatic carbocycles. The van der Waals surface area contributed by atoms with Crippen LogP contribution in [0.15, 0.2) is 42.9 Å². The van der Waals surface area contributed by atoms with Gasteiger partial charge in [-0.1, -0.05) is 12.1 Å². The van der Waals surface area contributed by atoms with Crippen LogP contribution in [0.25, 0.3) is 5.69 Å². The molecule has 2 aromatic heterocycles. The number of para-hydroxylation sites is 1. The lowest BCUT2D eigenvalue weighted by Crippen LogP contribution is -2.37. The van der Waals surface area contributed by atoms with Crippen molar-refractivity contribution in [2.45, 2.75) is 50.9 Å². The zero-order valence-electron chi connectivity index (χ0n) is 17.8. The Morgan fingerprint density at radius 3 is 2.64 bits per heavy atom. The Balaban J connectivity index is 1.40. The maximum absolute atomic E-state index is 14.4. The van der Waals surface area contributed by atoms with Crippen molar-refractivity contribution in [2.24, 2.45) is 5.92 Å². The average molecular weight is 459 g/mol. The Hall–Kier alpha value is -3.30. The number of carbonyl (C=O) groups excluding carboxylic acids is 1. The second-order valence-corrected chi connectivity index (χ2v) is 8.65. The summed E-state index contributed by atoms with van der Waals surface area (Å²) in [5, 5.41) is 8.36. The molecule has 0 radical (unpaired) electrons. The summed E-state index contributed by atoms with van der Waals surface area (Å²) >= 11 is 0. The van der Waals surface area contributed by atoms with Gasteiger partial charge >= 0.3 is 6.18 Å². The number of halogens is 4. The molecule has 4 heterocycles. The number of nitrogens with zero attached hydrogens (tertiary/aromatic N) is 5. The molecule has 172 valence electrons. The van der Waals surface area contributed by atoms with Crippen LogP contribution in [-0.4, -0.2) is 42.9 Å². The van der Waals surface area contributed by atoms with Crippen LogP contribution in [0, 0.1) is 18.7 Å². The fourth-order valence-electron chi connectivity index (χ4n) is 5.24. The predicted octanol–water partition coefficient (Wildman–Crippen LogP) is 4.36. The number of hydrogen-bond acceptors (Lipinski definition) is 4. The summed E-state index contributed by atoms with van der Waals surface area (Å²) in [4.78, 5) is 20.7. The lowest BCUT2D eigenvalue weighted by atomic mass is 9.85. The van der Waals surface area contributed by atoms with Gasteiger partial charge in [-0.3, -0.25) is 9.78 Å². The van der Waals surface area contributed by atoms with Gasteiger partial charge in [-0.25, -0.2) is 4.39 Å². The van der Waals surface area contributed by atoms with Gasteiger partial charge in [0.25, 0.3) is 5.91 Å². The van der Waals surface area contributed by atoms with Crippen LogP contribution in [0.2, 0.25) is 0 Å². The summed E-state index contributed by atoms with van der Waals surface area (Å²) in [6.07, 6.45) is 1.59. The summed E-state index contributed by atoms with van der Waals surface area (Å²) < 4.78 is 52.9. The van der Waals surface area contributed by atoms with Gasteiger partial charge in [0.1, 0.15) is 11.5 Å². The topological polar surface area (TPSA) is 63.9 Å². The van der Waals surface area contributed by atoms with E-state index in [1.165, 1.54) is 4.80 Å². The number of aryl methyl sites for hydroxylation is 1. The fourth-order valence-corrected chi connectivity index (χ4v) is 5.24. The molecule has 3 aromatic rings. The second kappa shape index (κ2) is 7.93. The molecule has 0 aliphatic carbocycles. The Kier molecular flexibility index (Phi) is 5.18. The zero-order valence-corrected chi connectivity index (χ0v) is 17.8. The maximum atomic E-state index is 14.4. The largest absolute Gasteiger partial charge is 0.417 e. The summed E-state index contributed by atoms with van der Waals surface area (Å²) in [6, 6.07) is 5.82. The van der Waals surface area contributed by atoms with Crippen LogP contribution in [-0.2, 0) is 12.6 Å². The molecule has 0 saturated carbocycles. The van der Waals surface area contributed by atoms with Crippen molar-refractivity contribution in [1.29, 1.82) is 0 Å². The van der Waals surface area contributed by atoms with Crippen molar-refractivity contribution in [2.75, 3.05) is 0 Å². The van der Waals surface area contributed by atoms with E-state index in [4.69, 9.17) is 0 Å². The Labute approximate surface area is 187 Å². The first-order chi connectivity index (χ1) is 15.7. The SMILES string of the molecule is Cc1cccc(C(=O)N2C3CCC2C(Cc2ncc(C(F)(F)F)cc2F)C3)c1-n1nccn1. The molecule has 33 heavy (non-hydrogen) atoms. The third kappa shape index (κ3) is 3.77. The summed E-state index contributed by atoms with van der Waals surface area (Å²) in [7, 11) is 0. The molecular weight excluding hydrogens is 438 g/mol. The van der Waals surface area contributed by atoms with E-state index >= 15 is 0 Å². The number of hydrogen-bond donors (Lipinski definition) is 0. The third-order valence-electron chi connectivity index (χ3n) is 6.69. The molecule has 2 aliphatic rings. The molecule has 6 nitrogen and oxygen atoms in total. The minimum Gasteiger partial charge on any atom is -0.332 e. The molecule has 2 aliphatic heterocycles. The Morgan fingerprint density at radius 1 is 1.18 bits per heavy atom. The molecular formula is C23H21F4N5O. The Bertz CT molecular complexity index is 1190. The number of alkyl halides is 3. The third-order valence-corrected chi connectivity index (χ3v) is 6.69. The highest BCUT2D eigenvalue weighted by molar-refractivity contribution is 5.99. The van der Waals surface area contributed by atoms with Gasteiger partial charge in [0.15, 0.2) is 0 Å². The quantitative estimate of drug-likeness (QED) is 0.544. The van der Waals surface area contributed by atoms with Crippen LogP contribution in [0.4, 0.5) is 17.6 Å². The summed E-state index contributed by atoms with van der Waals surface area (Å²) in [5.41, 5.74) is 0.863. The highest BCUT2D eigenvalue weighted by Gasteiger charge is 2.49. The van der Waals surface area contributed by atoms with Crippen molar-refractivity contribution in [1.82, 2.24) is 24.9 Å². The molecule has 5 rings (SSSR count). The number of pyridine rings is 1. The zero-order chi connectivity index (χ0) is 23.3. The fraction of sp³-hybridized carbons (Fsp3) is 0.391. The summed E-state index contributed by atoms with van der Waals surface area (Å²) in [6.45, 7) is 1.88. The summed E-state index contributed by atoms with van der Waals surface area (Å²) in [5.74, 6) is -1.17. The molecule has 1 amide bonds. The van der Waals surface area contributed by atoms with Gasteiger partial charge in [0, 0.05) is 18.3 Å². The number of amides is 1. The van der Waals surface area contributed by atoms with Crippen LogP contribution in [0.1, 0.15) is 46.4 Å². The molecule has 10 heteroatoms. The first-order valence-electron chi connectivity index (χ1n) is 10.7. The molecule has 2 saturated heterocycles. The molecule has 0 N–H and O–H groups in total. The van der Waals surface area contributed by atoms with Gasteiger partial charge in [-0.05, 0) is 56.2 Å². The normalized spacial score (nSPS) is 22.2. The number of rotatable bonds is 4. The van der Waals surface area contributed by atoms with Gasteiger partial charge in [-0.15, -0.1) is 0 Å². The highest BCUT2D eigenvalue weighted by Crippen LogP contribution is 2.44. The lowest BCUT2D eigenvalue weighted by Gasteiger charge is -2.25. The van der Waals surface area contributed by atoms with Crippen molar-refractivity contribution in [3.05, 3.63) is 71.1 Å². The standard InChI is InChI=1S/C23H21F4N5O/c1-13-3-2-4-17(21(13)32-29-7-8-30-32)22(33)31-16-5-6-20(31)14(9-16)10-19-18(24)11-15(12-28-19)23(25,26)27/h2-4,7-8,11-12,14,16,20H,5-6,9-10H2,1H3. The van der Waals surface area contributed by atoms with Crippen LogP contribution >= 0.6 is 0 Å². The van der Waals surface area contributed by atoms with Gasteiger partial charge in [0.2, 0.25) is 0 Å². The average Bonchev–Trinajstić information content (AvgIpc) is 3.50. The number of fused-ring (bicyclic) bond motifs is 2. The monoisotopic (exact) mass is 459 g/mol. The van der Waals surface area contributed by atoms with Gasteiger partial charge in [0.05, 0.1) is 29.2 Å². The van der Waals surface area contributed by atoms with E-state index in [2.05, 4.69) is 15.2 Å². The minimum atomic E-state index is -4.64. The highest BCUT2D eigenvalue weighted by atomic mass is 19.4. The van der Waals surface area contributed by atoms with Crippen molar-refractivity contribution in [3.8, 4) is 5.69 Å². The van der Waals surface area contributed by atoms with Crippen LogP contribution in [0.3, 0.4) is 0 Å². The number of carbonyl (C=O) groups is 1. The van der Waals surface area contributed by atoms with E-state index < -0.39 is 17.6 Å². The van der Waals surface area contributed by atoms with E-state index in [1.807, 2.05) is 24.0 Å². The second-order valence-electron chi connectivity index (χ2n) is 8.65. The van der Waals surface area contributed by atoms with E-state index in [9.17, 15) is 22.4 Å². The van der Waals surface area contributed by atoms with E-state index in [1.54, 1.807) is 18.5 Å². The maximum Gasteiger partial charge on any atom is 0.417 e. The molecule has 2 fully saturated rings. The number of aromatic nitrogens is 4. The lowest BCUT2D eigenvalue weighted by molar-refractivity contribution is -0.138. The van der Waals surface area contributed by atoms with Crippen LogP contribution in [0.5, 0.6) is 0 Å².